The standard InChI is InChI=1S/C28H27N3O7/c1-38-27(35)28(15-14-23(32)21(16-28)26(33)34)24-13-12-22(31(36)37)25(29-24)30(17-19-8-4-2-5-9-19)18-20-10-6-3-7-11-20/h2-13,21H,14-18H2,1H3,(H,33,34). The number of esters is 1. The highest BCUT2D eigenvalue weighted by Crippen LogP contribution is 2.43. The second-order valence-corrected chi connectivity index (χ2v) is 9.26. The largest absolute Gasteiger partial charge is 0.481 e. The van der Waals surface area contributed by atoms with E-state index in [1.54, 1.807) is 4.90 Å². The predicted molar refractivity (Wildman–Crippen MR) is 137 cm³/mol. The van der Waals surface area contributed by atoms with Crippen LogP contribution in [0.3, 0.4) is 0 Å². The number of rotatable bonds is 9. The molecule has 0 spiro atoms. The smallest absolute Gasteiger partial charge is 0.317 e. The van der Waals surface area contributed by atoms with E-state index in [9.17, 15) is 29.6 Å². The Morgan fingerprint density at radius 2 is 1.63 bits per heavy atom. The van der Waals surface area contributed by atoms with Crippen LogP contribution < -0.4 is 4.90 Å². The number of methoxy groups -OCH3 is 1. The van der Waals surface area contributed by atoms with Crippen molar-refractivity contribution < 1.29 is 29.2 Å². The number of benzene rings is 2. The molecule has 0 radical (unpaired) electrons. The molecule has 0 amide bonds. The minimum absolute atomic E-state index is 0.0100. The lowest BCUT2D eigenvalue weighted by Crippen LogP contribution is -2.47. The van der Waals surface area contributed by atoms with E-state index in [0.29, 0.717) is 0 Å². The maximum absolute atomic E-state index is 13.1. The average molecular weight is 518 g/mol. The van der Waals surface area contributed by atoms with Gasteiger partial charge in [0.1, 0.15) is 17.1 Å². The molecule has 10 heteroatoms. The molecule has 1 aromatic heterocycles. The molecule has 2 aromatic carbocycles. The van der Waals surface area contributed by atoms with Gasteiger partial charge >= 0.3 is 17.6 Å². The van der Waals surface area contributed by atoms with E-state index in [4.69, 9.17) is 4.74 Å². The molecule has 1 heterocycles. The van der Waals surface area contributed by atoms with Crippen LogP contribution in [0.1, 0.15) is 36.1 Å². The summed E-state index contributed by atoms with van der Waals surface area (Å²) in [5.74, 6) is -3.92. The first-order valence-electron chi connectivity index (χ1n) is 12.1. The fourth-order valence-corrected chi connectivity index (χ4v) is 4.91. The first-order valence-corrected chi connectivity index (χ1v) is 12.1. The van der Waals surface area contributed by atoms with Crippen molar-refractivity contribution in [3.05, 3.63) is 99.7 Å². The van der Waals surface area contributed by atoms with E-state index in [0.717, 1.165) is 11.1 Å². The second-order valence-electron chi connectivity index (χ2n) is 9.26. The molecule has 1 aliphatic carbocycles. The van der Waals surface area contributed by atoms with Gasteiger partial charge in [0.15, 0.2) is 0 Å². The number of aromatic nitrogens is 1. The van der Waals surface area contributed by atoms with Crippen molar-refractivity contribution in [3.8, 4) is 0 Å². The van der Waals surface area contributed by atoms with Gasteiger partial charge < -0.3 is 14.7 Å². The fraction of sp³-hybridized carbons (Fsp3) is 0.286. The summed E-state index contributed by atoms with van der Waals surface area (Å²) in [5, 5.41) is 21.7. The molecular formula is C28H27N3O7. The van der Waals surface area contributed by atoms with E-state index in [1.165, 1.54) is 19.2 Å². The highest BCUT2D eigenvalue weighted by molar-refractivity contribution is 6.01. The number of nitro groups is 1. The maximum Gasteiger partial charge on any atom is 0.317 e. The van der Waals surface area contributed by atoms with E-state index in [2.05, 4.69) is 4.98 Å². The van der Waals surface area contributed by atoms with Gasteiger partial charge in [-0.2, -0.15) is 0 Å². The highest BCUT2D eigenvalue weighted by atomic mass is 16.6. The first kappa shape index (κ1) is 26.5. The van der Waals surface area contributed by atoms with Gasteiger partial charge in [0, 0.05) is 25.6 Å². The molecule has 0 saturated heterocycles. The number of carbonyl (C=O) groups is 3. The zero-order valence-electron chi connectivity index (χ0n) is 20.8. The van der Waals surface area contributed by atoms with E-state index < -0.39 is 34.0 Å². The lowest BCUT2D eigenvalue weighted by atomic mass is 9.67. The SMILES string of the molecule is COC(=O)C1(c2ccc([N+](=O)[O-])c(N(Cc3ccccc3)Cc3ccccc3)n2)CCC(=O)C(C(=O)O)C1. The van der Waals surface area contributed by atoms with Crippen molar-refractivity contribution in [2.24, 2.45) is 5.92 Å². The third kappa shape index (κ3) is 5.39. The van der Waals surface area contributed by atoms with Crippen LogP contribution in [0, 0.1) is 16.0 Å². The van der Waals surface area contributed by atoms with Crippen LogP contribution >= 0.6 is 0 Å². The molecule has 196 valence electrons. The van der Waals surface area contributed by atoms with Gasteiger partial charge in [-0.1, -0.05) is 60.7 Å². The average Bonchev–Trinajstić information content (AvgIpc) is 2.93. The Bertz CT molecular complexity index is 1310. The molecular weight excluding hydrogens is 490 g/mol. The summed E-state index contributed by atoms with van der Waals surface area (Å²) < 4.78 is 5.05. The van der Waals surface area contributed by atoms with Crippen molar-refractivity contribution in [1.29, 1.82) is 0 Å². The number of hydrogen-bond donors (Lipinski definition) is 1. The number of aliphatic carboxylic acids is 1. The number of pyridine rings is 1. The number of ketones is 1. The second kappa shape index (κ2) is 11.2. The third-order valence-corrected chi connectivity index (χ3v) is 6.89. The van der Waals surface area contributed by atoms with Gasteiger partial charge in [0.25, 0.3) is 0 Å². The molecule has 38 heavy (non-hydrogen) atoms. The predicted octanol–water partition coefficient (Wildman–Crippen LogP) is 4.06. The number of ether oxygens (including phenoxy) is 1. The first-order chi connectivity index (χ1) is 18.2. The van der Waals surface area contributed by atoms with Crippen LogP contribution in [0.4, 0.5) is 11.5 Å². The number of hydrogen-bond acceptors (Lipinski definition) is 8. The van der Waals surface area contributed by atoms with Crippen LogP contribution in [0.2, 0.25) is 0 Å². The van der Waals surface area contributed by atoms with Crippen molar-refractivity contribution in [3.63, 3.8) is 0 Å². The Balaban J connectivity index is 1.86. The third-order valence-electron chi connectivity index (χ3n) is 6.89. The summed E-state index contributed by atoms with van der Waals surface area (Å²) in [6, 6.07) is 21.4. The van der Waals surface area contributed by atoms with Gasteiger partial charge in [-0.05, 0) is 30.0 Å². The number of carboxylic acid groups (broad SMARTS) is 1. The molecule has 1 N–H and O–H groups in total. The van der Waals surface area contributed by atoms with Gasteiger partial charge in [-0.25, -0.2) is 4.98 Å². The summed E-state index contributed by atoms with van der Waals surface area (Å²) in [6.07, 6.45) is -0.503. The lowest BCUT2D eigenvalue weighted by molar-refractivity contribution is -0.384. The van der Waals surface area contributed by atoms with Crippen LogP contribution in [0.25, 0.3) is 0 Å². The van der Waals surface area contributed by atoms with Gasteiger partial charge in [-0.15, -0.1) is 0 Å². The van der Waals surface area contributed by atoms with Gasteiger partial charge in [-0.3, -0.25) is 24.5 Å². The molecule has 1 saturated carbocycles. The van der Waals surface area contributed by atoms with E-state index in [-0.39, 0.29) is 49.6 Å². The molecule has 1 aliphatic rings. The van der Waals surface area contributed by atoms with Gasteiger partial charge in [0.05, 0.1) is 17.7 Å². The number of carbonyl (C=O) groups excluding carboxylic acids is 2. The van der Waals surface area contributed by atoms with E-state index >= 15 is 0 Å². The molecule has 4 rings (SSSR count). The van der Waals surface area contributed by atoms with Crippen molar-refractivity contribution in [1.82, 2.24) is 4.98 Å². The molecule has 3 aromatic rings. The molecule has 0 bridgehead atoms. The maximum atomic E-state index is 13.1. The number of anilines is 1. The number of Topliss-reactive ketones (excluding diaryl/α,β-unsaturated/α-hetero) is 1. The highest BCUT2D eigenvalue weighted by Gasteiger charge is 2.51. The lowest BCUT2D eigenvalue weighted by Gasteiger charge is -2.36. The quantitative estimate of drug-likeness (QED) is 0.193. The Labute approximate surface area is 219 Å². The van der Waals surface area contributed by atoms with Crippen LogP contribution in [0.15, 0.2) is 72.8 Å². The molecule has 2 unspecified atom stereocenters. The summed E-state index contributed by atoms with van der Waals surface area (Å²) in [6.45, 7) is 0.572. The summed E-state index contributed by atoms with van der Waals surface area (Å²) >= 11 is 0. The summed E-state index contributed by atoms with van der Waals surface area (Å²) in [7, 11) is 1.18. The normalized spacial score (nSPS) is 19.0. The zero-order chi connectivity index (χ0) is 27.3. The minimum Gasteiger partial charge on any atom is -0.481 e. The fourth-order valence-electron chi connectivity index (χ4n) is 4.91. The summed E-state index contributed by atoms with van der Waals surface area (Å²) in [5.41, 5.74) is 0.113. The van der Waals surface area contributed by atoms with Crippen molar-refractivity contribution >= 4 is 29.2 Å². The molecule has 0 aliphatic heterocycles. The molecule has 1 fully saturated rings. The molecule has 10 nitrogen and oxygen atoms in total. The Kier molecular flexibility index (Phi) is 7.80. The van der Waals surface area contributed by atoms with Crippen LogP contribution in [-0.4, -0.2) is 39.8 Å². The van der Waals surface area contributed by atoms with Gasteiger partial charge in [0.2, 0.25) is 5.82 Å². The van der Waals surface area contributed by atoms with Crippen LogP contribution in [-0.2, 0) is 37.6 Å². The Morgan fingerprint density at radius 3 is 2.13 bits per heavy atom. The summed E-state index contributed by atoms with van der Waals surface area (Å²) in [4.78, 5) is 55.3. The van der Waals surface area contributed by atoms with E-state index in [1.807, 2.05) is 60.7 Å². The van der Waals surface area contributed by atoms with Crippen molar-refractivity contribution in [2.45, 2.75) is 37.8 Å². The monoisotopic (exact) mass is 517 g/mol. The molecule has 2 atom stereocenters. The number of nitrogens with zero attached hydrogens (tertiary/aromatic N) is 3. The van der Waals surface area contributed by atoms with Crippen LogP contribution in [0.5, 0.6) is 0 Å². The topological polar surface area (TPSA) is 140 Å². The zero-order valence-corrected chi connectivity index (χ0v) is 20.8. The van der Waals surface area contributed by atoms with Crippen molar-refractivity contribution in [2.75, 3.05) is 12.0 Å². The Hall–Kier alpha value is -4.60. The Morgan fingerprint density at radius 1 is 1.05 bits per heavy atom. The minimum atomic E-state index is -1.54. The number of carboxylic acids is 1.